The van der Waals surface area contributed by atoms with Gasteiger partial charge in [-0.1, -0.05) is 35.9 Å². The predicted octanol–water partition coefficient (Wildman–Crippen LogP) is 3.69. The molecule has 4 atom stereocenters. The largest absolute Gasteiger partial charge is 0.508 e. The average molecular weight is 504 g/mol. The van der Waals surface area contributed by atoms with E-state index in [-0.39, 0.29) is 35.4 Å². The van der Waals surface area contributed by atoms with E-state index in [4.69, 9.17) is 9.47 Å². The molecule has 194 valence electrons. The van der Waals surface area contributed by atoms with Crippen molar-refractivity contribution < 1.29 is 24.5 Å². The molecule has 2 aliphatic rings. The fourth-order valence-electron chi connectivity index (χ4n) is 5.84. The minimum absolute atomic E-state index is 0.0160. The maximum absolute atomic E-state index is 13.7. The highest BCUT2D eigenvalue weighted by Gasteiger charge is 2.55. The molecule has 8 heteroatoms. The van der Waals surface area contributed by atoms with Crippen LogP contribution in [0.25, 0.3) is 0 Å². The van der Waals surface area contributed by atoms with E-state index in [1.165, 1.54) is 0 Å². The number of phenolic OH excluding ortho intramolecular Hbond substituents is 2. The molecule has 37 heavy (non-hydrogen) atoms. The lowest BCUT2D eigenvalue weighted by molar-refractivity contribution is -0.130. The molecule has 0 saturated carbocycles. The van der Waals surface area contributed by atoms with E-state index < -0.39 is 6.04 Å². The van der Waals surface area contributed by atoms with Gasteiger partial charge in [-0.3, -0.25) is 4.79 Å². The van der Waals surface area contributed by atoms with Crippen LogP contribution < -0.4 is 20.3 Å². The monoisotopic (exact) mass is 503 g/mol. The van der Waals surface area contributed by atoms with Gasteiger partial charge in [0.1, 0.15) is 17.5 Å². The van der Waals surface area contributed by atoms with Gasteiger partial charge in [0, 0.05) is 18.0 Å². The number of aryl methyl sites for hydroxylation is 2. The summed E-state index contributed by atoms with van der Waals surface area (Å²) in [7, 11) is 3.20. The molecule has 2 fully saturated rings. The lowest BCUT2D eigenvalue weighted by atomic mass is 9.82. The Bertz CT molecular complexity index is 1330. The summed E-state index contributed by atoms with van der Waals surface area (Å²) in [4.78, 5) is 15.6. The topological polar surface area (TPSA) is 103 Å². The number of phenols is 2. The summed E-state index contributed by atoms with van der Waals surface area (Å²) in [6.45, 7) is 4.36. The molecule has 4 N–H and O–H groups in total. The van der Waals surface area contributed by atoms with Crippen LogP contribution in [0.1, 0.15) is 39.9 Å². The lowest BCUT2D eigenvalue weighted by Crippen LogP contribution is -2.42. The van der Waals surface area contributed by atoms with E-state index in [0.29, 0.717) is 24.5 Å². The molecule has 4 unspecified atom stereocenters. The average Bonchev–Trinajstić information content (AvgIpc) is 3.43. The highest BCUT2D eigenvalue weighted by Crippen LogP contribution is 2.49. The zero-order valence-electron chi connectivity index (χ0n) is 21.5. The van der Waals surface area contributed by atoms with Crippen LogP contribution in [0.5, 0.6) is 23.0 Å². The predicted molar refractivity (Wildman–Crippen MR) is 140 cm³/mol. The first-order chi connectivity index (χ1) is 17.8. The third kappa shape index (κ3) is 4.47. The number of aromatic hydroxyl groups is 2. The number of fused-ring (bicyclic) bond motifs is 1. The van der Waals surface area contributed by atoms with E-state index >= 15 is 0 Å². The van der Waals surface area contributed by atoms with Crippen LogP contribution in [0.15, 0.2) is 54.6 Å². The van der Waals surface area contributed by atoms with E-state index in [2.05, 4.69) is 10.9 Å². The molecule has 0 aromatic heterocycles. The third-order valence-corrected chi connectivity index (χ3v) is 7.52. The maximum Gasteiger partial charge on any atom is 0.242 e. The summed E-state index contributed by atoms with van der Waals surface area (Å²) in [5, 5.41) is 21.2. The SMILES string of the molecule is COc1ccc(CCN2C(=O)C3NNC(c4cc(C)cc(C)c4O)C3C2c2cccc(O)c2)cc1OC. The molecule has 3 aromatic carbocycles. The summed E-state index contributed by atoms with van der Waals surface area (Å²) >= 11 is 0. The van der Waals surface area contributed by atoms with Gasteiger partial charge < -0.3 is 24.6 Å². The number of hydrazine groups is 1. The van der Waals surface area contributed by atoms with Crippen molar-refractivity contribution in [2.75, 3.05) is 20.8 Å². The Morgan fingerprint density at radius 3 is 2.41 bits per heavy atom. The number of nitrogens with zero attached hydrogens (tertiary/aromatic N) is 1. The van der Waals surface area contributed by atoms with Crippen LogP contribution >= 0.6 is 0 Å². The number of nitrogens with one attached hydrogen (secondary N) is 2. The summed E-state index contributed by atoms with van der Waals surface area (Å²) in [5.41, 5.74) is 11.0. The zero-order valence-corrected chi connectivity index (χ0v) is 21.5. The molecule has 5 rings (SSSR count). The molecule has 1 amide bonds. The van der Waals surface area contributed by atoms with E-state index in [0.717, 1.165) is 27.8 Å². The minimum atomic E-state index is -0.469. The van der Waals surface area contributed by atoms with Gasteiger partial charge in [-0.15, -0.1) is 0 Å². The smallest absolute Gasteiger partial charge is 0.242 e. The lowest BCUT2D eigenvalue weighted by Gasteiger charge is -2.32. The van der Waals surface area contributed by atoms with Gasteiger partial charge in [-0.05, 0) is 61.2 Å². The van der Waals surface area contributed by atoms with Crippen LogP contribution in [0.4, 0.5) is 0 Å². The molecular weight excluding hydrogens is 470 g/mol. The molecule has 0 bridgehead atoms. The Morgan fingerprint density at radius 1 is 0.919 bits per heavy atom. The standard InChI is InChI=1S/C29H33N3O5/c1-16-12-17(2)28(34)21(13-16)25-24-26(31-30-25)29(35)32(27(24)19-6-5-7-20(33)15-19)11-10-18-8-9-22(36-3)23(14-18)37-4/h5-9,12-15,24-27,30-31,33-34H,10-11H2,1-4H3. The van der Waals surface area contributed by atoms with Crippen molar-refractivity contribution in [2.24, 2.45) is 5.92 Å². The zero-order chi connectivity index (χ0) is 26.3. The van der Waals surface area contributed by atoms with Gasteiger partial charge in [0.2, 0.25) is 5.91 Å². The number of carbonyl (C=O) groups is 1. The summed E-state index contributed by atoms with van der Waals surface area (Å²) in [5.74, 6) is 1.46. The Morgan fingerprint density at radius 2 is 1.68 bits per heavy atom. The number of benzene rings is 3. The van der Waals surface area contributed by atoms with Gasteiger partial charge >= 0.3 is 0 Å². The van der Waals surface area contributed by atoms with E-state index in [1.807, 2.05) is 55.1 Å². The molecule has 0 radical (unpaired) electrons. The third-order valence-electron chi connectivity index (χ3n) is 7.52. The first-order valence-electron chi connectivity index (χ1n) is 12.4. The van der Waals surface area contributed by atoms with Crippen LogP contribution in [-0.4, -0.2) is 47.8 Å². The second-order valence-corrected chi connectivity index (χ2v) is 9.85. The number of amides is 1. The van der Waals surface area contributed by atoms with E-state index in [1.54, 1.807) is 32.4 Å². The number of hydrogen-bond donors (Lipinski definition) is 4. The van der Waals surface area contributed by atoms with Crippen LogP contribution in [-0.2, 0) is 11.2 Å². The number of hydrogen-bond acceptors (Lipinski definition) is 7. The molecule has 0 spiro atoms. The fraction of sp³-hybridized carbons (Fsp3) is 0.345. The highest BCUT2D eigenvalue weighted by molar-refractivity contribution is 5.86. The molecule has 0 aliphatic carbocycles. The first-order valence-corrected chi connectivity index (χ1v) is 12.4. The van der Waals surface area contributed by atoms with Crippen molar-refractivity contribution in [3.63, 3.8) is 0 Å². The molecule has 2 aliphatic heterocycles. The molecule has 2 saturated heterocycles. The van der Waals surface area contributed by atoms with E-state index in [9.17, 15) is 15.0 Å². The Hall–Kier alpha value is -3.75. The summed E-state index contributed by atoms with van der Waals surface area (Å²) < 4.78 is 10.8. The van der Waals surface area contributed by atoms with Crippen molar-refractivity contribution in [1.29, 1.82) is 0 Å². The van der Waals surface area contributed by atoms with Gasteiger partial charge in [0.05, 0.1) is 26.3 Å². The van der Waals surface area contributed by atoms with Crippen molar-refractivity contribution in [2.45, 2.75) is 38.4 Å². The van der Waals surface area contributed by atoms with Gasteiger partial charge in [0.15, 0.2) is 11.5 Å². The second kappa shape index (κ2) is 9.95. The summed E-state index contributed by atoms with van der Waals surface area (Å²) in [6.07, 6.45) is 0.619. The first kappa shape index (κ1) is 24.9. The highest BCUT2D eigenvalue weighted by atomic mass is 16.5. The Labute approximate surface area is 216 Å². The Kier molecular flexibility index (Phi) is 6.70. The van der Waals surface area contributed by atoms with Crippen LogP contribution in [0.3, 0.4) is 0 Å². The second-order valence-electron chi connectivity index (χ2n) is 9.85. The van der Waals surface area contributed by atoms with Crippen molar-refractivity contribution >= 4 is 5.91 Å². The maximum atomic E-state index is 13.7. The van der Waals surface area contributed by atoms with Gasteiger partial charge in [0.25, 0.3) is 0 Å². The van der Waals surface area contributed by atoms with Gasteiger partial charge in [-0.2, -0.15) is 0 Å². The number of ether oxygens (including phenoxy) is 2. The molecule has 8 nitrogen and oxygen atoms in total. The quantitative estimate of drug-likeness (QED) is 0.390. The molecule has 2 heterocycles. The summed E-state index contributed by atoms with van der Waals surface area (Å²) in [6, 6.07) is 15.7. The number of carbonyl (C=O) groups excluding carboxylic acids is 1. The Balaban J connectivity index is 1.51. The number of methoxy groups -OCH3 is 2. The van der Waals surface area contributed by atoms with Crippen LogP contribution in [0.2, 0.25) is 0 Å². The van der Waals surface area contributed by atoms with Crippen molar-refractivity contribution in [3.8, 4) is 23.0 Å². The fourth-order valence-corrected chi connectivity index (χ4v) is 5.84. The van der Waals surface area contributed by atoms with Crippen molar-refractivity contribution in [3.05, 3.63) is 82.4 Å². The van der Waals surface area contributed by atoms with Crippen molar-refractivity contribution in [1.82, 2.24) is 15.8 Å². The number of likely N-dealkylation sites (tertiary alicyclic amines) is 1. The minimum Gasteiger partial charge on any atom is -0.508 e. The van der Waals surface area contributed by atoms with Crippen LogP contribution in [0, 0.1) is 19.8 Å². The molecular formula is C29H33N3O5. The normalized spacial score (nSPS) is 22.8. The van der Waals surface area contributed by atoms with Gasteiger partial charge in [-0.25, -0.2) is 10.9 Å². The number of rotatable bonds is 7. The molecule has 3 aromatic rings.